The van der Waals surface area contributed by atoms with Crippen LogP contribution >= 0.6 is 0 Å². The molecule has 0 saturated carbocycles. The average molecular weight is 311 g/mol. The molecule has 2 aromatic rings. The van der Waals surface area contributed by atoms with Crippen LogP contribution in [-0.4, -0.2) is 21.6 Å². The monoisotopic (exact) mass is 311 g/mol. The quantitative estimate of drug-likeness (QED) is 0.790. The van der Waals surface area contributed by atoms with E-state index in [1.807, 2.05) is 13.0 Å². The molecule has 0 amide bonds. The maximum Gasteiger partial charge on any atom is 0.326 e. The van der Waals surface area contributed by atoms with E-state index in [0.29, 0.717) is 17.8 Å². The first-order chi connectivity index (χ1) is 11.1. The van der Waals surface area contributed by atoms with Gasteiger partial charge in [-0.1, -0.05) is 13.0 Å². The molecule has 6 nitrogen and oxygen atoms in total. The lowest BCUT2D eigenvalue weighted by Crippen LogP contribution is -2.29. The smallest absolute Gasteiger partial charge is 0.326 e. The second kappa shape index (κ2) is 7.36. The van der Waals surface area contributed by atoms with Gasteiger partial charge in [0, 0.05) is 6.20 Å². The minimum atomic E-state index is -0.531. The topological polar surface area (TPSA) is 85.0 Å². The van der Waals surface area contributed by atoms with Gasteiger partial charge in [0.25, 0.3) is 5.56 Å². The number of ether oxygens (including phenoxy) is 1. The predicted octanol–water partition coefficient (Wildman–Crippen LogP) is 2.12. The summed E-state index contributed by atoms with van der Waals surface area (Å²) in [5.74, 6) is -0.520. The van der Waals surface area contributed by atoms with Crippen molar-refractivity contribution < 1.29 is 9.53 Å². The number of nitriles is 1. The summed E-state index contributed by atoms with van der Waals surface area (Å²) >= 11 is 0. The van der Waals surface area contributed by atoms with Crippen molar-refractivity contribution in [3.8, 4) is 17.5 Å². The number of nitrogens with zero attached hydrogens (tertiary/aromatic N) is 3. The summed E-state index contributed by atoms with van der Waals surface area (Å²) in [6.45, 7) is 3.43. The van der Waals surface area contributed by atoms with Gasteiger partial charge in [0.15, 0.2) is 0 Å². The standard InChI is InChI=1S/C17H17N3O3/c1-3-12(2)23-16(21)11-20-15(14-6-4-5-9-19-14)8-7-13(10-18)17(20)22/h4-9,12H,3,11H2,1-2H3. The molecule has 118 valence electrons. The van der Waals surface area contributed by atoms with Crippen LogP contribution in [-0.2, 0) is 16.1 Å². The summed E-state index contributed by atoms with van der Waals surface area (Å²) in [6.07, 6.45) is 2.06. The summed E-state index contributed by atoms with van der Waals surface area (Å²) in [4.78, 5) is 28.6. The number of carbonyl (C=O) groups is 1. The molecule has 0 bridgehead atoms. The molecule has 0 N–H and O–H groups in total. The number of hydrogen-bond acceptors (Lipinski definition) is 5. The second-order valence-electron chi connectivity index (χ2n) is 5.06. The predicted molar refractivity (Wildman–Crippen MR) is 84.5 cm³/mol. The Morgan fingerprint density at radius 2 is 2.17 bits per heavy atom. The van der Waals surface area contributed by atoms with Crippen LogP contribution in [0.25, 0.3) is 11.4 Å². The fourth-order valence-electron chi connectivity index (χ4n) is 2.03. The molecule has 0 saturated heterocycles. The number of hydrogen-bond donors (Lipinski definition) is 0. The van der Waals surface area contributed by atoms with Gasteiger partial charge in [0.1, 0.15) is 18.2 Å². The summed E-state index contributed by atoms with van der Waals surface area (Å²) in [7, 11) is 0. The number of aromatic nitrogens is 2. The van der Waals surface area contributed by atoms with E-state index in [4.69, 9.17) is 10.00 Å². The fourth-order valence-corrected chi connectivity index (χ4v) is 2.03. The molecule has 0 fully saturated rings. The van der Waals surface area contributed by atoms with Gasteiger partial charge in [-0.3, -0.25) is 19.1 Å². The van der Waals surface area contributed by atoms with Crippen LogP contribution in [0.4, 0.5) is 0 Å². The first-order valence-electron chi connectivity index (χ1n) is 7.31. The Morgan fingerprint density at radius 1 is 1.39 bits per heavy atom. The first-order valence-corrected chi connectivity index (χ1v) is 7.31. The maximum absolute atomic E-state index is 12.4. The summed E-state index contributed by atoms with van der Waals surface area (Å²) < 4.78 is 6.45. The molecule has 0 spiro atoms. The number of pyridine rings is 2. The number of rotatable bonds is 5. The van der Waals surface area contributed by atoms with Crippen molar-refractivity contribution in [2.45, 2.75) is 32.9 Å². The third-order valence-corrected chi connectivity index (χ3v) is 3.42. The maximum atomic E-state index is 12.4. The van der Waals surface area contributed by atoms with E-state index >= 15 is 0 Å². The molecule has 6 heteroatoms. The van der Waals surface area contributed by atoms with Crippen LogP contribution in [0.3, 0.4) is 0 Å². The average Bonchev–Trinajstić information content (AvgIpc) is 2.57. The van der Waals surface area contributed by atoms with E-state index in [9.17, 15) is 9.59 Å². The SMILES string of the molecule is CCC(C)OC(=O)Cn1c(-c2ccccn2)ccc(C#N)c1=O. The molecule has 1 atom stereocenters. The highest BCUT2D eigenvalue weighted by Crippen LogP contribution is 2.15. The Morgan fingerprint density at radius 3 is 2.78 bits per heavy atom. The van der Waals surface area contributed by atoms with Crippen LogP contribution in [0.15, 0.2) is 41.3 Å². The van der Waals surface area contributed by atoms with Crippen LogP contribution in [0.5, 0.6) is 0 Å². The fraction of sp³-hybridized carbons (Fsp3) is 0.294. The summed E-state index contributed by atoms with van der Waals surface area (Å²) in [5, 5.41) is 9.03. The van der Waals surface area contributed by atoms with Crippen LogP contribution in [0.1, 0.15) is 25.8 Å². The molecule has 2 rings (SSSR count). The van der Waals surface area contributed by atoms with Gasteiger partial charge in [0.2, 0.25) is 0 Å². The van der Waals surface area contributed by atoms with Crippen molar-refractivity contribution in [1.82, 2.24) is 9.55 Å². The van der Waals surface area contributed by atoms with Gasteiger partial charge in [-0.25, -0.2) is 0 Å². The van der Waals surface area contributed by atoms with Crippen molar-refractivity contribution >= 4 is 5.97 Å². The molecular formula is C17H17N3O3. The largest absolute Gasteiger partial charge is 0.461 e. The minimum Gasteiger partial charge on any atom is -0.461 e. The van der Waals surface area contributed by atoms with Gasteiger partial charge >= 0.3 is 5.97 Å². The van der Waals surface area contributed by atoms with Crippen molar-refractivity contribution in [1.29, 1.82) is 5.26 Å². The van der Waals surface area contributed by atoms with Crippen molar-refractivity contribution in [2.24, 2.45) is 0 Å². The lowest BCUT2D eigenvalue weighted by atomic mass is 10.2. The molecule has 0 aromatic carbocycles. The number of esters is 1. The van der Waals surface area contributed by atoms with E-state index in [2.05, 4.69) is 4.98 Å². The van der Waals surface area contributed by atoms with E-state index in [1.54, 1.807) is 37.4 Å². The van der Waals surface area contributed by atoms with Crippen LogP contribution < -0.4 is 5.56 Å². The van der Waals surface area contributed by atoms with Crippen molar-refractivity contribution in [3.63, 3.8) is 0 Å². The van der Waals surface area contributed by atoms with E-state index in [0.717, 1.165) is 0 Å². The van der Waals surface area contributed by atoms with Crippen LogP contribution in [0.2, 0.25) is 0 Å². The molecule has 0 aliphatic rings. The lowest BCUT2D eigenvalue weighted by Gasteiger charge is -2.15. The van der Waals surface area contributed by atoms with Gasteiger partial charge in [-0.15, -0.1) is 0 Å². The number of carbonyl (C=O) groups excluding carboxylic acids is 1. The van der Waals surface area contributed by atoms with Gasteiger partial charge in [0.05, 0.1) is 17.5 Å². The highest BCUT2D eigenvalue weighted by atomic mass is 16.5. The molecule has 1 unspecified atom stereocenters. The molecule has 0 aliphatic heterocycles. The highest BCUT2D eigenvalue weighted by Gasteiger charge is 2.16. The van der Waals surface area contributed by atoms with Crippen molar-refractivity contribution in [3.05, 3.63) is 52.4 Å². The zero-order valence-electron chi connectivity index (χ0n) is 13.0. The second-order valence-corrected chi connectivity index (χ2v) is 5.06. The highest BCUT2D eigenvalue weighted by molar-refractivity contribution is 5.71. The molecular weight excluding hydrogens is 294 g/mol. The first kappa shape index (κ1) is 16.4. The Bertz CT molecular complexity index is 791. The Labute approximate surface area is 134 Å². The minimum absolute atomic E-state index is 0.0268. The summed E-state index contributed by atoms with van der Waals surface area (Å²) in [6, 6.07) is 10.2. The third kappa shape index (κ3) is 3.83. The normalized spacial score (nSPS) is 11.5. The van der Waals surface area contributed by atoms with Gasteiger partial charge in [-0.2, -0.15) is 5.26 Å². The van der Waals surface area contributed by atoms with Crippen LogP contribution in [0, 0.1) is 11.3 Å². The van der Waals surface area contributed by atoms with Crippen molar-refractivity contribution in [2.75, 3.05) is 0 Å². The lowest BCUT2D eigenvalue weighted by molar-refractivity contribution is -0.149. The molecule has 23 heavy (non-hydrogen) atoms. The Kier molecular flexibility index (Phi) is 5.26. The van der Waals surface area contributed by atoms with E-state index in [1.165, 1.54) is 10.6 Å². The van der Waals surface area contributed by atoms with Gasteiger partial charge in [-0.05, 0) is 37.6 Å². The third-order valence-electron chi connectivity index (χ3n) is 3.42. The summed E-state index contributed by atoms with van der Waals surface area (Å²) in [5.41, 5.74) is 0.457. The van der Waals surface area contributed by atoms with E-state index in [-0.39, 0.29) is 18.2 Å². The Balaban J connectivity index is 2.45. The Hall–Kier alpha value is -2.94. The zero-order valence-corrected chi connectivity index (χ0v) is 13.0. The van der Waals surface area contributed by atoms with Gasteiger partial charge < -0.3 is 4.74 Å². The molecule has 2 heterocycles. The zero-order chi connectivity index (χ0) is 16.8. The molecule has 0 radical (unpaired) electrons. The molecule has 2 aromatic heterocycles. The molecule has 0 aliphatic carbocycles. The van der Waals surface area contributed by atoms with E-state index < -0.39 is 11.5 Å².